The molecule has 1 aromatic rings. The van der Waals surface area contributed by atoms with Gasteiger partial charge >= 0.3 is 6.03 Å². The van der Waals surface area contributed by atoms with Crippen LogP contribution < -0.4 is 11.1 Å². The van der Waals surface area contributed by atoms with E-state index in [-0.39, 0.29) is 16.8 Å². The van der Waals surface area contributed by atoms with Crippen LogP contribution in [0.2, 0.25) is 0 Å². The van der Waals surface area contributed by atoms with E-state index in [1.165, 1.54) is 6.07 Å². The van der Waals surface area contributed by atoms with Crippen LogP contribution in [0.25, 0.3) is 0 Å². The summed E-state index contributed by atoms with van der Waals surface area (Å²) in [4.78, 5) is 25.3. The number of anilines is 1. The minimum atomic E-state index is -3.29. The Kier molecular flexibility index (Phi) is 4.93. The van der Waals surface area contributed by atoms with Crippen LogP contribution in [0.3, 0.4) is 0 Å². The first-order valence-electron chi connectivity index (χ1n) is 7.34. The van der Waals surface area contributed by atoms with E-state index in [0.29, 0.717) is 30.8 Å². The number of likely N-dealkylation sites (tertiary alicyclic amines) is 1. The van der Waals surface area contributed by atoms with E-state index in [2.05, 4.69) is 5.32 Å². The monoisotopic (exact) mass is 339 g/mol. The lowest BCUT2D eigenvalue weighted by atomic mass is 9.98. The Morgan fingerprint density at radius 1 is 1.35 bits per heavy atom. The van der Waals surface area contributed by atoms with E-state index in [0.717, 1.165) is 12.7 Å². The van der Waals surface area contributed by atoms with E-state index < -0.39 is 15.7 Å². The molecule has 0 unspecified atom stereocenters. The molecule has 1 saturated heterocycles. The summed E-state index contributed by atoms with van der Waals surface area (Å²) in [7, 11) is -3.29. The molecule has 3 amide bonds. The van der Waals surface area contributed by atoms with E-state index >= 15 is 0 Å². The molecule has 7 nitrogen and oxygen atoms in total. The molecule has 1 heterocycles. The number of urea groups is 1. The molecule has 2 rings (SSSR count). The number of amides is 3. The van der Waals surface area contributed by atoms with Crippen LogP contribution in [0.4, 0.5) is 10.5 Å². The Hall–Kier alpha value is -2.09. The maximum atomic E-state index is 12.3. The minimum absolute atomic E-state index is 0.238. The van der Waals surface area contributed by atoms with Gasteiger partial charge in [-0.1, -0.05) is 0 Å². The highest BCUT2D eigenvalue weighted by Gasteiger charge is 2.27. The highest BCUT2D eigenvalue weighted by Crippen LogP contribution is 2.21. The Morgan fingerprint density at radius 3 is 2.61 bits per heavy atom. The largest absolute Gasteiger partial charge is 0.369 e. The molecule has 0 aliphatic carbocycles. The second-order valence-electron chi connectivity index (χ2n) is 5.87. The average molecular weight is 339 g/mol. The van der Waals surface area contributed by atoms with Gasteiger partial charge < -0.3 is 16.0 Å². The maximum absolute atomic E-state index is 12.3. The standard InChI is InChI=1S/C15H21N3O4S/c1-10-8-12(5-6-13(10)23(2,21)22)17-15(20)18-7-3-4-11(9-18)14(16)19/h5-6,8,11H,3-4,7,9H2,1-2H3,(H2,16,19)(H,17,20)/t11-/m1/s1. The van der Waals surface area contributed by atoms with Gasteiger partial charge in [-0.3, -0.25) is 4.79 Å². The number of hydrogen-bond acceptors (Lipinski definition) is 4. The molecule has 0 aromatic heterocycles. The smallest absolute Gasteiger partial charge is 0.321 e. The first-order valence-corrected chi connectivity index (χ1v) is 9.23. The van der Waals surface area contributed by atoms with E-state index in [4.69, 9.17) is 5.73 Å². The molecule has 1 aromatic carbocycles. The van der Waals surface area contributed by atoms with Crippen LogP contribution >= 0.6 is 0 Å². The van der Waals surface area contributed by atoms with Gasteiger partial charge in [0.1, 0.15) is 0 Å². The molecule has 0 bridgehead atoms. The first kappa shape index (κ1) is 17.3. The van der Waals surface area contributed by atoms with Crippen LogP contribution in [0.1, 0.15) is 18.4 Å². The van der Waals surface area contributed by atoms with Gasteiger partial charge in [0, 0.05) is 25.0 Å². The van der Waals surface area contributed by atoms with Gasteiger partial charge in [0.25, 0.3) is 0 Å². The predicted molar refractivity (Wildman–Crippen MR) is 86.8 cm³/mol. The quantitative estimate of drug-likeness (QED) is 0.860. The second-order valence-corrected chi connectivity index (χ2v) is 7.85. The number of sulfone groups is 1. The van der Waals surface area contributed by atoms with Crippen LogP contribution in [0, 0.1) is 12.8 Å². The van der Waals surface area contributed by atoms with Gasteiger partial charge in [0.05, 0.1) is 10.8 Å². The number of rotatable bonds is 3. The van der Waals surface area contributed by atoms with Crippen LogP contribution in [-0.2, 0) is 14.6 Å². The number of nitrogens with one attached hydrogen (secondary N) is 1. The van der Waals surface area contributed by atoms with Gasteiger partial charge in [0.15, 0.2) is 9.84 Å². The number of benzene rings is 1. The minimum Gasteiger partial charge on any atom is -0.369 e. The molecule has 126 valence electrons. The maximum Gasteiger partial charge on any atom is 0.321 e. The number of carbonyl (C=O) groups is 2. The summed E-state index contributed by atoms with van der Waals surface area (Å²) in [6.07, 6.45) is 2.57. The first-order chi connectivity index (χ1) is 10.7. The molecule has 0 saturated carbocycles. The zero-order chi connectivity index (χ0) is 17.2. The topological polar surface area (TPSA) is 110 Å². The van der Waals surface area contributed by atoms with Crippen molar-refractivity contribution >= 4 is 27.5 Å². The summed E-state index contributed by atoms with van der Waals surface area (Å²) in [5.74, 6) is -0.709. The Morgan fingerprint density at radius 2 is 2.04 bits per heavy atom. The molecule has 1 aliphatic rings. The van der Waals surface area contributed by atoms with Gasteiger partial charge in [-0.05, 0) is 43.5 Å². The number of carbonyl (C=O) groups excluding carboxylic acids is 2. The van der Waals surface area contributed by atoms with Crippen molar-refractivity contribution in [1.29, 1.82) is 0 Å². The number of primary amides is 1. The molecular weight excluding hydrogens is 318 g/mol. The van der Waals surface area contributed by atoms with Crippen LogP contribution in [0.5, 0.6) is 0 Å². The van der Waals surface area contributed by atoms with Gasteiger partial charge in [-0.25, -0.2) is 13.2 Å². The third kappa shape index (κ3) is 4.22. The molecule has 0 spiro atoms. The van der Waals surface area contributed by atoms with Crippen molar-refractivity contribution in [3.63, 3.8) is 0 Å². The summed E-state index contributed by atoms with van der Waals surface area (Å²) in [5, 5.41) is 2.73. The molecule has 1 atom stereocenters. The zero-order valence-electron chi connectivity index (χ0n) is 13.2. The van der Waals surface area contributed by atoms with Gasteiger partial charge in [0.2, 0.25) is 5.91 Å². The summed E-state index contributed by atoms with van der Waals surface area (Å²) in [5.41, 5.74) is 6.39. The fraction of sp³-hybridized carbons (Fsp3) is 0.467. The Balaban J connectivity index is 2.08. The van der Waals surface area contributed by atoms with Crippen molar-refractivity contribution in [1.82, 2.24) is 4.90 Å². The molecule has 3 N–H and O–H groups in total. The third-order valence-corrected chi connectivity index (χ3v) is 5.19. The lowest BCUT2D eigenvalue weighted by molar-refractivity contribution is -0.123. The van der Waals surface area contributed by atoms with Crippen molar-refractivity contribution in [3.8, 4) is 0 Å². The molecule has 1 fully saturated rings. The van der Waals surface area contributed by atoms with E-state index in [1.54, 1.807) is 24.0 Å². The lowest BCUT2D eigenvalue weighted by Crippen LogP contribution is -2.45. The summed E-state index contributed by atoms with van der Waals surface area (Å²) >= 11 is 0. The van der Waals surface area contributed by atoms with E-state index in [9.17, 15) is 18.0 Å². The Bertz CT molecular complexity index is 730. The SMILES string of the molecule is Cc1cc(NC(=O)N2CCC[C@@H](C(N)=O)C2)ccc1S(C)(=O)=O. The second kappa shape index (κ2) is 6.57. The molecule has 23 heavy (non-hydrogen) atoms. The highest BCUT2D eigenvalue weighted by molar-refractivity contribution is 7.90. The predicted octanol–water partition coefficient (Wildman–Crippen LogP) is 1.13. The normalized spacial score (nSPS) is 18.5. The summed E-state index contributed by atoms with van der Waals surface area (Å²) < 4.78 is 23.2. The molecule has 8 heteroatoms. The fourth-order valence-corrected chi connectivity index (χ4v) is 3.70. The number of nitrogens with zero attached hydrogens (tertiary/aromatic N) is 1. The van der Waals surface area contributed by atoms with Crippen molar-refractivity contribution in [2.24, 2.45) is 11.7 Å². The van der Waals surface area contributed by atoms with Gasteiger partial charge in [-0.15, -0.1) is 0 Å². The number of nitrogens with two attached hydrogens (primary N) is 1. The van der Waals surface area contributed by atoms with Crippen molar-refractivity contribution in [3.05, 3.63) is 23.8 Å². The lowest BCUT2D eigenvalue weighted by Gasteiger charge is -2.31. The summed E-state index contributed by atoms with van der Waals surface area (Å²) in [6, 6.07) is 4.32. The van der Waals surface area contributed by atoms with Crippen molar-refractivity contribution < 1.29 is 18.0 Å². The zero-order valence-corrected chi connectivity index (χ0v) is 14.0. The number of hydrogen-bond donors (Lipinski definition) is 2. The van der Waals surface area contributed by atoms with Gasteiger partial charge in [-0.2, -0.15) is 0 Å². The Labute approximate surface area is 135 Å². The molecule has 0 radical (unpaired) electrons. The van der Waals surface area contributed by atoms with Crippen molar-refractivity contribution in [2.45, 2.75) is 24.7 Å². The highest BCUT2D eigenvalue weighted by atomic mass is 32.2. The van der Waals surface area contributed by atoms with Crippen LogP contribution in [-0.4, -0.2) is 44.6 Å². The van der Waals surface area contributed by atoms with E-state index in [1.807, 2.05) is 0 Å². The molecule has 1 aliphatic heterocycles. The summed E-state index contributed by atoms with van der Waals surface area (Å²) in [6.45, 7) is 2.55. The van der Waals surface area contributed by atoms with Crippen LogP contribution in [0.15, 0.2) is 23.1 Å². The van der Waals surface area contributed by atoms with Crippen molar-refractivity contribution in [2.75, 3.05) is 24.7 Å². The third-order valence-electron chi connectivity index (χ3n) is 3.94. The molecular formula is C15H21N3O4S. The fourth-order valence-electron chi connectivity index (χ4n) is 2.74. The average Bonchev–Trinajstić information content (AvgIpc) is 2.46. The number of aryl methyl sites for hydroxylation is 1. The number of piperidine rings is 1.